The summed E-state index contributed by atoms with van der Waals surface area (Å²) in [7, 11) is 0. The van der Waals surface area contributed by atoms with Crippen molar-refractivity contribution in [1.82, 2.24) is 4.57 Å². The molecule has 0 N–H and O–H groups in total. The Bertz CT molecular complexity index is 958. The van der Waals surface area contributed by atoms with Crippen LogP contribution in [0, 0.1) is 5.82 Å². The summed E-state index contributed by atoms with van der Waals surface area (Å²) in [5.41, 5.74) is 1.15. The fourth-order valence-corrected chi connectivity index (χ4v) is 4.73. The molecule has 23 heavy (non-hydrogen) atoms. The van der Waals surface area contributed by atoms with Crippen molar-refractivity contribution < 1.29 is 9.18 Å². The van der Waals surface area contributed by atoms with Gasteiger partial charge in [-0.2, -0.15) is 4.99 Å². The molecule has 1 amide bonds. The van der Waals surface area contributed by atoms with Crippen molar-refractivity contribution in [1.29, 1.82) is 0 Å². The smallest absolute Gasteiger partial charge is 0.282 e. The maximum Gasteiger partial charge on any atom is 0.282 e. The number of carbonyl (C=O) groups excluding carboxylic acids is 1. The van der Waals surface area contributed by atoms with Gasteiger partial charge in [0.15, 0.2) is 4.80 Å². The van der Waals surface area contributed by atoms with Crippen LogP contribution in [-0.4, -0.2) is 10.5 Å². The second-order valence-electron chi connectivity index (χ2n) is 4.80. The molecule has 120 valence electrons. The third-order valence-electron chi connectivity index (χ3n) is 3.18. The monoisotopic (exact) mass is 388 g/mol. The molecule has 0 saturated heterocycles. The van der Waals surface area contributed by atoms with Crippen LogP contribution in [0.3, 0.4) is 0 Å². The fraction of sp³-hybridized carbons (Fsp3) is 0.200. The molecule has 3 rings (SSSR count). The van der Waals surface area contributed by atoms with Gasteiger partial charge in [0, 0.05) is 6.54 Å². The molecule has 0 saturated carbocycles. The first kappa shape index (κ1) is 16.6. The summed E-state index contributed by atoms with van der Waals surface area (Å²) < 4.78 is 16.8. The van der Waals surface area contributed by atoms with Crippen LogP contribution in [0.4, 0.5) is 4.39 Å². The van der Waals surface area contributed by atoms with Crippen LogP contribution >= 0.6 is 45.9 Å². The minimum Gasteiger partial charge on any atom is -0.316 e. The zero-order valence-corrected chi connectivity index (χ0v) is 15.1. The lowest BCUT2D eigenvalue weighted by Crippen LogP contribution is -2.16. The average molecular weight is 389 g/mol. The van der Waals surface area contributed by atoms with E-state index in [1.54, 1.807) is 6.07 Å². The van der Waals surface area contributed by atoms with E-state index in [4.69, 9.17) is 23.2 Å². The highest BCUT2D eigenvalue weighted by Crippen LogP contribution is 2.31. The lowest BCUT2D eigenvalue weighted by atomic mass is 10.3. The molecule has 3 nitrogen and oxygen atoms in total. The number of halogens is 3. The predicted molar refractivity (Wildman–Crippen MR) is 94.3 cm³/mol. The Labute approximate surface area is 149 Å². The first-order valence-corrected chi connectivity index (χ1v) is 9.21. The molecule has 0 aliphatic carbocycles. The average Bonchev–Trinajstić information content (AvgIpc) is 2.99. The number of amides is 1. The van der Waals surface area contributed by atoms with Gasteiger partial charge >= 0.3 is 0 Å². The molecule has 0 spiro atoms. The summed E-state index contributed by atoms with van der Waals surface area (Å²) in [5.74, 6) is -0.761. The van der Waals surface area contributed by atoms with E-state index in [-0.39, 0.29) is 11.4 Å². The van der Waals surface area contributed by atoms with Crippen molar-refractivity contribution in [3.05, 3.63) is 49.1 Å². The van der Waals surface area contributed by atoms with Crippen molar-refractivity contribution in [3.8, 4) is 0 Å². The predicted octanol–water partition coefficient (Wildman–Crippen LogP) is 5.36. The first-order chi connectivity index (χ1) is 11.0. The molecule has 2 heterocycles. The van der Waals surface area contributed by atoms with Gasteiger partial charge in [0.1, 0.15) is 10.2 Å². The van der Waals surface area contributed by atoms with Crippen molar-refractivity contribution in [2.75, 3.05) is 0 Å². The summed E-state index contributed by atoms with van der Waals surface area (Å²) >= 11 is 14.3. The van der Waals surface area contributed by atoms with E-state index in [1.807, 2.05) is 11.5 Å². The van der Waals surface area contributed by atoms with E-state index in [1.165, 1.54) is 29.5 Å². The van der Waals surface area contributed by atoms with Crippen LogP contribution in [-0.2, 0) is 6.54 Å². The number of aromatic nitrogens is 1. The van der Waals surface area contributed by atoms with E-state index >= 15 is 0 Å². The quantitative estimate of drug-likeness (QED) is 0.594. The van der Waals surface area contributed by atoms with Crippen molar-refractivity contribution in [3.63, 3.8) is 0 Å². The third-order valence-corrected chi connectivity index (χ3v) is 5.71. The number of hydrogen-bond acceptors (Lipinski definition) is 3. The number of aryl methyl sites for hydroxylation is 1. The van der Waals surface area contributed by atoms with E-state index in [2.05, 4.69) is 4.99 Å². The molecule has 8 heteroatoms. The number of rotatable bonds is 3. The van der Waals surface area contributed by atoms with Crippen LogP contribution in [0.15, 0.2) is 29.3 Å². The molecule has 0 radical (unpaired) electrons. The number of thiophene rings is 1. The van der Waals surface area contributed by atoms with Gasteiger partial charge in [0.25, 0.3) is 5.91 Å². The second kappa shape index (κ2) is 6.73. The largest absolute Gasteiger partial charge is 0.316 e. The van der Waals surface area contributed by atoms with Crippen molar-refractivity contribution >= 4 is 62.0 Å². The zero-order valence-electron chi connectivity index (χ0n) is 12.0. The molecule has 0 aliphatic rings. The Morgan fingerprint density at radius 2 is 2.09 bits per heavy atom. The maximum atomic E-state index is 13.4. The van der Waals surface area contributed by atoms with Crippen molar-refractivity contribution in [2.24, 2.45) is 4.99 Å². The summed E-state index contributed by atoms with van der Waals surface area (Å²) in [6.07, 6.45) is 0.871. The number of benzene rings is 1. The van der Waals surface area contributed by atoms with Crippen LogP contribution in [0.25, 0.3) is 10.2 Å². The molecule has 0 unspecified atom stereocenters. The van der Waals surface area contributed by atoms with E-state index in [0.29, 0.717) is 20.0 Å². The molecule has 3 aromatic rings. The second-order valence-corrected chi connectivity index (χ2v) is 8.10. The summed E-state index contributed by atoms with van der Waals surface area (Å²) in [6.45, 7) is 2.72. The van der Waals surface area contributed by atoms with Gasteiger partial charge in [0.2, 0.25) is 0 Å². The molecular formula is C15H11Cl2FN2OS2. The Kier molecular flexibility index (Phi) is 4.87. The molecule has 0 aliphatic heterocycles. The first-order valence-electron chi connectivity index (χ1n) is 6.82. The molecule has 2 aromatic heterocycles. The number of carbonyl (C=O) groups is 1. The Morgan fingerprint density at radius 1 is 1.30 bits per heavy atom. The lowest BCUT2D eigenvalue weighted by molar-refractivity contribution is 0.0998. The summed E-state index contributed by atoms with van der Waals surface area (Å²) in [4.78, 5) is 17.1. The zero-order chi connectivity index (χ0) is 16.6. The van der Waals surface area contributed by atoms with Gasteiger partial charge in [-0.3, -0.25) is 4.79 Å². The van der Waals surface area contributed by atoms with Gasteiger partial charge in [-0.25, -0.2) is 4.39 Å². The van der Waals surface area contributed by atoms with E-state index in [9.17, 15) is 9.18 Å². The Morgan fingerprint density at radius 3 is 2.74 bits per heavy atom. The van der Waals surface area contributed by atoms with E-state index < -0.39 is 5.91 Å². The molecular weight excluding hydrogens is 378 g/mol. The summed E-state index contributed by atoms with van der Waals surface area (Å²) in [6, 6.07) is 6.07. The number of nitrogens with zero attached hydrogens (tertiary/aromatic N) is 2. The van der Waals surface area contributed by atoms with E-state index in [0.717, 1.165) is 28.0 Å². The highest BCUT2D eigenvalue weighted by Gasteiger charge is 2.15. The number of fused-ring (bicyclic) bond motifs is 1. The number of thiazole rings is 1. The van der Waals surface area contributed by atoms with Gasteiger partial charge in [-0.15, -0.1) is 11.3 Å². The highest BCUT2D eigenvalue weighted by molar-refractivity contribution is 7.20. The van der Waals surface area contributed by atoms with Gasteiger partial charge in [-0.1, -0.05) is 41.5 Å². The highest BCUT2D eigenvalue weighted by atomic mass is 35.5. The topological polar surface area (TPSA) is 34.4 Å². The minimum atomic E-state index is -0.449. The lowest BCUT2D eigenvalue weighted by Gasteiger charge is -2.02. The van der Waals surface area contributed by atoms with Gasteiger partial charge in [0.05, 0.1) is 20.1 Å². The Hall–Kier alpha value is -1.21. The van der Waals surface area contributed by atoms with Gasteiger partial charge < -0.3 is 4.57 Å². The molecule has 1 aromatic carbocycles. The van der Waals surface area contributed by atoms with Crippen LogP contribution in [0.2, 0.25) is 8.67 Å². The third kappa shape index (κ3) is 3.35. The maximum absolute atomic E-state index is 13.4. The van der Waals surface area contributed by atoms with Gasteiger partial charge in [-0.05, 0) is 30.7 Å². The summed E-state index contributed by atoms with van der Waals surface area (Å²) in [5, 5.41) is 0. The SMILES string of the molecule is CCCn1c(=NC(=O)c2cc(Cl)sc2Cl)sc2cc(F)ccc21. The normalized spacial score (nSPS) is 12.3. The standard InChI is InChI=1S/C15H11Cl2FN2OS2/c1-2-5-20-10-4-3-8(18)6-11(10)22-15(20)19-14(21)9-7-12(16)23-13(9)17/h3-4,6-7H,2,5H2,1H3. The molecule has 0 atom stereocenters. The van der Waals surface area contributed by atoms with Crippen LogP contribution < -0.4 is 4.80 Å². The fourth-order valence-electron chi connectivity index (χ4n) is 2.21. The number of hydrogen-bond donors (Lipinski definition) is 0. The Balaban J connectivity index is 2.16. The molecule has 0 fully saturated rings. The minimum absolute atomic E-state index is 0.286. The van der Waals surface area contributed by atoms with Crippen LogP contribution in [0.5, 0.6) is 0 Å². The van der Waals surface area contributed by atoms with Crippen molar-refractivity contribution in [2.45, 2.75) is 19.9 Å². The van der Waals surface area contributed by atoms with Crippen LogP contribution in [0.1, 0.15) is 23.7 Å². The molecule has 0 bridgehead atoms.